The summed E-state index contributed by atoms with van der Waals surface area (Å²) in [4.78, 5) is 27.3. The Bertz CT molecular complexity index is 1270. The number of hydrogen-bond acceptors (Lipinski definition) is 3. The molecule has 174 valence electrons. The lowest BCUT2D eigenvalue weighted by atomic mass is 9.89. The maximum atomic E-state index is 13.3. The van der Waals surface area contributed by atoms with E-state index in [0.717, 1.165) is 11.1 Å². The van der Waals surface area contributed by atoms with Gasteiger partial charge in [-0.3, -0.25) is 10.2 Å². The van der Waals surface area contributed by atoms with E-state index in [1.165, 1.54) is 0 Å². The van der Waals surface area contributed by atoms with Gasteiger partial charge in [0.05, 0.1) is 11.2 Å². The van der Waals surface area contributed by atoms with E-state index in [0.29, 0.717) is 32.9 Å². The number of hydrogen-bond donors (Lipinski definition) is 2. The summed E-state index contributed by atoms with van der Waals surface area (Å²) in [5, 5.41) is 6.75. The molecule has 4 rings (SSSR count). The third-order valence-corrected chi connectivity index (χ3v) is 5.88. The number of fused-ring (bicyclic) bond motifs is 1. The summed E-state index contributed by atoms with van der Waals surface area (Å²) >= 11 is 11.8. The molecule has 2 N–H and O–H groups in total. The molecule has 0 bridgehead atoms. The quantitative estimate of drug-likeness (QED) is 0.388. The van der Waals surface area contributed by atoms with Crippen LogP contribution in [0.1, 0.15) is 26.3 Å². The number of rotatable bonds is 3. The fraction of sp³-hybridized carbons (Fsp3) is 0.154. The second-order valence-electron chi connectivity index (χ2n) is 8.45. The molecule has 0 aromatic heterocycles. The zero-order valence-electron chi connectivity index (χ0n) is 18.9. The first-order valence-electron chi connectivity index (χ1n) is 10.6. The number of carbonyl (C=O) groups excluding carboxylic acids is 2. The van der Waals surface area contributed by atoms with Crippen LogP contribution in [0.15, 0.2) is 72.8 Å². The number of ether oxygens (including phenoxy) is 1. The molecular formula is C26H23Cl2N3O3. The van der Waals surface area contributed by atoms with Gasteiger partial charge in [0, 0.05) is 27.0 Å². The highest BCUT2D eigenvalue weighted by Crippen LogP contribution is 2.41. The van der Waals surface area contributed by atoms with Gasteiger partial charge in [-0.1, -0.05) is 29.3 Å². The molecule has 3 aromatic carbocycles. The molecule has 1 heterocycles. The van der Waals surface area contributed by atoms with Gasteiger partial charge in [-0.25, -0.2) is 9.59 Å². The molecule has 3 amide bonds. The Morgan fingerprint density at radius 2 is 1.41 bits per heavy atom. The monoisotopic (exact) mass is 495 g/mol. The maximum absolute atomic E-state index is 13.3. The lowest BCUT2D eigenvalue weighted by Crippen LogP contribution is -2.50. The Balaban J connectivity index is 1.56. The fourth-order valence-corrected chi connectivity index (χ4v) is 4.19. The van der Waals surface area contributed by atoms with Crippen molar-refractivity contribution < 1.29 is 14.3 Å². The van der Waals surface area contributed by atoms with Crippen LogP contribution in [0.2, 0.25) is 10.0 Å². The third-order valence-electron chi connectivity index (χ3n) is 5.38. The van der Waals surface area contributed by atoms with E-state index in [1.54, 1.807) is 71.6 Å². The number of amides is 3. The van der Waals surface area contributed by atoms with Crippen molar-refractivity contribution in [3.63, 3.8) is 0 Å². The van der Waals surface area contributed by atoms with Crippen molar-refractivity contribution in [1.29, 1.82) is 0 Å². The third kappa shape index (κ3) is 5.19. The summed E-state index contributed by atoms with van der Waals surface area (Å²) in [5.41, 5.74) is 3.09. The van der Waals surface area contributed by atoms with Gasteiger partial charge >= 0.3 is 12.1 Å². The van der Waals surface area contributed by atoms with E-state index in [9.17, 15) is 9.59 Å². The van der Waals surface area contributed by atoms with E-state index < -0.39 is 11.6 Å². The van der Waals surface area contributed by atoms with Crippen LogP contribution < -0.4 is 20.3 Å². The minimum absolute atomic E-state index is 0.286. The zero-order chi connectivity index (χ0) is 24.5. The SMILES string of the molecule is CC1=CC(C)(C)N(C(=O)Nc2ccc(Cl)cc2)c2ccc(OC(=O)Nc3ccc(Cl)cc3)cc21. The molecule has 8 heteroatoms. The second kappa shape index (κ2) is 9.41. The minimum atomic E-state index is -0.627. The van der Waals surface area contributed by atoms with Crippen LogP contribution in [0, 0.1) is 0 Å². The van der Waals surface area contributed by atoms with Gasteiger partial charge in [0.15, 0.2) is 0 Å². The van der Waals surface area contributed by atoms with E-state index >= 15 is 0 Å². The minimum Gasteiger partial charge on any atom is -0.410 e. The molecule has 1 aliphatic rings. The normalized spacial score (nSPS) is 14.0. The molecule has 3 aromatic rings. The van der Waals surface area contributed by atoms with Crippen LogP contribution in [0.25, 0.3) is 5.57 Å². The van der Waals surface area contributed by atoms with Crippen LogP contribution in [0.5, 0.6) is 5.75 Å². The maximum Gasteiger partial charge on any atom is 0.417 e. The standard InChI is InChI=1S/C26H23Cl2N3O3/c1-16-15-26(2,3)31(24(32)29-19-8-4-17(27)5-9-19)23-13-12-21(14-22(16)23)34-25(33)30-20-10-6-18(28)7-11-20/h4-15H,1-3H3,(H,29,32)(H,30,33). The Labute approximate surface area is 208 Å². The van der Waals surface area contributed by atoms with Gasteiger partial charge in [-0.05, 0) is 93.1 Å². The van der Waals surface area contributed by atoms with Gasteiger partial charge in [-0.2, -0.15) is 0 Å². The highest BCUT2D eigenvalue weighted by molar-refractivity contribution is 6.31. The average molecular weight is 496 g/mol. The van der Waals surface area contributed by atoms with Crippen LogP contribution in [-0.2, 0) is 0 Å². The number of urea groups is 1. The molecule has 1 aliphatic heterocycles. The van der Waals surface area contributed by atoms with Gasteiger partial charge < -0.3 is 10.1 Å². The smallest absolute Gasteiger partial charge is 0.410 e. The number of anilines is 3. The predicted octanol–water partition coefficient (Wildman–Crippen LogP) is 7.84. The van der Waals surface area contributed by atoms with Gasteiger partial charge in [-0.15, -0.1) is 0 Å². The number of halogens is 2. The molecule has 0 saturated carbocycles. The molecule has 34 heavy (non-hydrogen) atoms. The molecule has 0 unspecified atom stereocenters. The topological polar surface area (TPSA) is 70.7 Å². The zero-order valence-corrected chi connectivity index (χ0v) is 20.4. The first-order valence-corrected chi connectivity index (χ1v) is 11.3. The Morgan fingerprint density at radius 3 is 2.00 bits per heavy atom. The van der Waals surface area contributed by atoms with Gasteiger partial charge in [0.25, 0.3) is 0 Å². The van der Waals surface area contributed by atoms with E-state index in [2.05, 4.69) is 10.6 Å². The largest absolute Gasteiger partial charge is 0.417 e. The van der Waals surface area contributed by atoms with Crippen molar-refractivity contribution in [3.8, 4) is 5.75 Å². The summed E-state index contributed by atoms with van der Waals surface area (Å²) in [6, 6.07) is 18.6. The van der Waals surface area contributed by atoms with Crippen molar-refractivity contribution in [2.24, 2.45) is 0 Å². The number of allylic oxidation sites excluding steroid dienone is 1. The van der Waals surface area contributed by atoms with Crippen molar-refractivity contribution >= 4 is 58.0 Å². The molecular weight excluding hydrogens is 473 g/mol. The fourth-order valence-electron chi connectivity index (χ4n) is 3.94. The van der Waals surface area contributed by atoms with Crippen LogP contribution in [0.3, 0.4) is 0 Å². The second-order valence-corrected chi connectivity index (χ2v) is 9.33. The molecule has 0 spiro atoms. The highest BCUT2D eigenvalue weighted by atomic mass is 35.5. The van der Waals surface area contributed by atoms with Crippen LogP contribution in [-0.4, -0.2) is 17.7 Å². The molecule has 0 saturated heterocycles. The summed E-state index contributed by atoms with van der Waals surface area (Å²) < 4.78 is 5.48. The Kier molecular flexibility index (Phi) is 6.55. The number of carbonyl (C=O) groups is 2. The van der Waals surface area contributed by atoms with Crippen molar-refractivity contribution in [1.82, 2.24) is 0 Å². The summed E-state index contributed by atoms with van der Waals surface area (Å²) in [5.74, 6) is 0.357. The molecule has 6 nitrogen and oxygen atoms in total. The molecule has 0 fully saturated rings. The predicted molar refractivity (Wildman–Crippen MR) is 138 cm³/mol. The molecule has 0 atom stereocenters. The molecule has 0 aliphatic carbocycles. The van der Waals surface area contributed by atoms with Crippen molar-refractivity contribution in [3.05, 3.63) is 88.4 Å². The lowest BCUT2D eigenvalue weighted by molar-refractivity contribution is 0.215. The van der Waals surface area contributed by atoms with Crippen molar-refractivity contribution in [2.75, 3.05) is 15.5 Å². The van der Waals surface area contributed by atoms with Gasteiger partial charge in [0.1, 0.15) is 5.75 Å². The lowest BCUT2D eigenvalue weighted by Gasteiger charge is -2.41. The van der Waals surface area contributed by atoms with Crippen LogP contribution in [0.4, 0.5) is 26.7 Å². The highest BCUT2D eigenvalue weighted by Gasteiger charge is 2.36. The number of benzene rings is 3. The number of nitrogens with zero attached hydrogens (tertiary/aromatic N) is 1. The Hall–Kier alpha value is -3.48. The summed E-state index contributed by atoms with van der Waals surface area (Å²) in [7, 11) is 0. The average Bonchev–Trinajstić information content (AvgIpc) is 2.77. The van der Waals surface area contributed by atoms with Crippen LogP contribution >= 0.6 is 23.2 Å². The number of nitrogens with one attached hydrogen (secondary N) is 2. The first kappa shape index (κ1) is 23.7. The van der Waals surface area contributed by atoms with E-state index in [1.807, 2.05) is 26.8 Å². The Morgan fingerprint density at radius 1 is 0.853 bits per heavy atom. The summed E-state index contributed by atoms with van der Waals surface area (Å²) in [6.07, 6.45) is 1.38. The van der Waals surface area contributed by atoms with Gasteiger partial charge in [0.2, 0.25) is 0 Å². The van der Waals surface area contributed by atoms with E-state index in [4.69, 9.17) is 27.9 Å². The van der Waals surface area contributed by atoms with Crippen molar-refractivity contribution in [2.45, 2.75) is 26.3 Å². The van der Waals surface area contributed by atoms with E-state index in [-0.39, 0.29) is 6.03 Å². The first-order chi connectivity index (χ1) is 16.1. The molecule has 0 radical (unpaired) electrons. The summed E-state index contributed by atoms with van der Waals surface area (Å²) in [6.45, 7) is 5.89.